The van der Waals surface area contributed by atoms with Crippen molar-refractivity contribution in [3.8, 4) is 0 Å². The third-order valence-corrected chi connectivity index (χ3v) is 3.00. The molecule has 0 saturated heterocycles. The second-order valence-electron chi connectivity index (χ2n) is 4.05. The minimum Gasteiger partial charge on any atom is -0.356 e. The van der Waals surface area contributed by atoms with E-state index in [9.17, 15) is 4.79 Å². The first kappa shape index (κ1) is 12.2. The van der Waals surface area contributed by atoms with Gasteiger partial charge >= 0.3 is 0 Å². The van der Waals surface area contributed by atoms with E-state index in [1.165, 1.54) is 5.57 Å². The molecule has 0 fully saturated rings. The molecule has 0 unspecified atom stereocenters. The van der Waals surface area contributed by atoms with Crippen LogP contribution in [0.5, 0.6) is 0 Å². The Morgan fingerprint density at radius 2 is 2.41 bits per heavy atom. The van der Waals surface area contributed by atoms with Gasteiger partial charge < -0.3 is 15.6 Å². The lowest BCUT2D eigenvalue weighted by Crippen LogP contribution is -2.26. The Bertz CT molecular complexity index is 425. The van der Waals surface area contributed by atoms with E-state index in [0.29, 0.717) is 17.3 Å². The predicted octanol–water partition coefficient (Wildman–Crippen LogP) is 1.71. The fraction of sp³-hybridized carbons (Fsp3) is 0.417. The molecule has 0 bridgehead atoms. The zero-order valence-electron chi connectivity index (χ0n) is 9.55. The summed E-state index contributed by atoms with van der Waals surface area (Å²) < 4.78 is 0. The second kappa shape index (κ2) is 5.89. The molecule has 5 heteroatoms. The highest BCUT2D eigenvalue weighted by Gasteiger charge is 2.08. The van der Waals surface area contributed by atoms with Crippen LogP contribution in [0.4, 0.5) is 0 Å². The molecular weight excluding hydrogens is 238 g/mol. The third-order valence-electron chi connectivity index (χ3n) is 2.78. The summed E-state index contributed by atoms with van der Waals surface area (Å²) in [6, 6.07) is 1.63. The van der Waals surface area contributed by atoms with Gasteiger partial charge in [0, 0.05) is 19.3 Å². The SMILES string of the molecule is O=C(NCCC1=CCNCC1)c1cc(Cl)c[nH]1. The van der Waals surface area contributed by atoms with E-state index in [-0.39, 0.29) is 5.91 Å². The molecule has 2 heterocycles. The summed E-state index contributed by atoms with van der Waals surface area (Å²) in [6.45, 7) is 2.64. The number of carbonyl (C=O) groups excluding carboxylic acids is 1. The van der Waals surface area contributed by atoms with Crippen molar-refractivity contribution in [3.05, 3.63) is 34.6 Å². The quantitative estimate of drug-likeness (QED) is 0.716. The molecule has 2 rings (SSSR count). The van der Waals surface area contributed by atoms with Crippen molar-refractivity contribution < 1.29 is 4.79 Å². The van der Waals surface area contributed by atoms with Crippen LogP contribution in [0.1, 0.15) is 23.3 Å². The lowest BCUT2D eigenvalue weighted by atomic mass is 10.1. The van der Waals surface area contributed by atoms with Crippen LogP contribution < -0.4 is 10.6 Å². The highest BCUT2D eigenvalue weighted by molar-refractivity contribution is 6.30. The number of aromatic nitrogens is 1. The van der Waals surface area contributed by atoms with E-state index < -0.39 is 0 Å². The van der Waals surface area contributed by atoms with Gasteiger partial charge in [0.15, 0.2) is 0 Å². The van der Waals surface area contributed by atoms with Crippen LogP contribution in [0, 0.1) is 0 Å². The summed E-state index contributed by atoms with van der Waals surface area (Å²) in [4.78, 5) is 14.5. The van der Waals surface area contributed by atoms with E-state index in [1.807, 2.05) is 0 Å². The zero-order valence-corrected chi connectivity index (χ0v) is 10.3. The van der Waals surface area contributed by atoms with Gasteiger partial charge in [-0.15, -0.1) is 0 Å². The number of carbonyl (C=O) groups is 1. The number of amides is 1. The summed E-state index contributed by atoms with van der Waals surface area (Å²) in [5, 5.41) is 6.68. The van der Waals surface area contributed by atoms with Crippen LogP contribution in [-0.2, 0) is 0 Å². The molecule has 0 aliphatic carbocycles. The van der Waals surface area contributed by atoms with Crippen LogP contribution in [-0.4, -0.2) is 30.5 Å². The van der Waals surface area contributed by atoms with Crippen molar-refractivity contribution in [1.82, 2.24) is 15.6 Å². The van der Waals surface area contributed by atoms with Gasteiger partial charge in [-0.2, -0.15) is 0 Å². The van der Waals surface area contributed by atoms with Gasteiger partial charge in [-0.3, -0.25) is 4.79 Å². The molecule has 3 N–H and O–H groups in total. The summed E-state index contributed by atoms with van der Waals surface area (Å²) in [5.74, 6) is -0.105. The van der Waals surface area contributed by atoms with Crippen LogP contribution in [0.25, 0.3) is 0 Å². The topological polar surface area (TPSA) is 56.9 Å². The van der Waals surface area contributed by atoms with Crippen LogP contribution in [0.3, 0.4) is 0 Å². The van der Waals surface area contributed by atoms with Gasteiger partial charge in [-0.05, 0) is 25.5 Å². The summed E-state index contributed by atoms with van der Waals surface area (Å²) in [6.07, 6.45) is 5.79. The Morgan fingerprint density at radius 3 is 3.06 bits per heavy atom. The number of rotatable bonds is 4. The Hall–Kier alpha value is -1.26. The molecule has 1 aromatic heterocycles. The minimum atomic E-state index is -0.105. The van der Waals surface area contributed by atoms with Crippen LogP contribution in [0.15, 0.2) is 23.9 Å². The van der Waals surface area contributed by atoms with Crippen molar-refractivity contribution in [2.75, 3.05) is 19.6 Å². The summed E-state index contributed by atoms with van der Waals surface area (Å²) in [7, 11) is 0. The fourth-order valence-corrected chi connectivity index (χ4v) is 1.99. The van der Waals surface area contributed by atoms with Gasteiger partial charge in [-0.25, -0.2) is 0 Å². The number of aromatic amines is 1. The molecule has 17 heavy (non-hydrogen) atoms. The maximum absolute atomic E-state index is 11.7. The van der Waals surface area contributed by atoms with E-state index in [1.54, 1.807) is 12.3 Å². The number of hydrogen-bond donors (Lipinski definition) is 3. The molecule has 0 aromatic carbocycles. The molecule has 0 spiro atoms. The maximum atomic E-state index is 11.7. The molecule has 1 aromatic rings. The van der Waals surface area contributed by atoms with Gasteiger partial charge in [0.25, 0.3) is 5.91 Å². The molecule has 92 valence electrons. The first-order chi connectivity index (χ1) is 8.25. The van der Waals surface area contributed by atoms with E-state index >= 15 is 0 Å². The van der Waals surface area contributed by atoms with Crippen molar-refractivity contribution >= 4 is 17.5 Å². The maximum Gasteiger partial charge on any atom is 0.267 e. The minimum absolute atomic E-state index is 0.105. The standard InChI is InChI=1S/C12H16ClN3O/c13-10-7-11(16-8-10)12(17)15-6-3-9-1-4-14-5-2-9/h1,7-8,14,16H,2-6H2,(H,15,17). The molecule has 0 saturated carbocycles. The first-order valence-corrected chi connectivity index (χ1v) is 6.14. The summed E-state index contributed by atoms with van der Waals surface area (Å²) in [5.41, 5.74) is 1.92. The second-order valence-corrected chi connectivity index (χ2v) is 4.49. The van der Waals surface area contributed by atoms with Crippen molar-refractivity contribution in [2.45, 2.75) is 12.8 Å². The van der Waals surface area contributed by atoms with Crippen molar-refractivity contribution in [2.24, 2.45) is 0 Å². The van der Waals surface area contributed by atoms with E-state index in [2.05, 4.69) is 21.7 Å². The number of H-pyrrole nitrogens is 1. The molecule has 1 aliphatic rings. The molecule has 1 aliphatic heterocycles. The molecule has 1 amide bonds. The number of hydrogen-bond acceptors (Lipinski definition) is 2. The largest absolute Gasteiger partial charge is 0.356 e. The lowest BCUT2D eigenvalue weighted by Gasteiger charge is -2.13. The number of nitrogens with one attached hydrogen (secondary N) is 3. The highest BCUT2D eigenvalue weighted by Crippen LogP contribution is 2.10. The van der Waals surface area contributed by atoms with Crippen molar-refractivity contribution in [3.63, 3.8) is 0 Å². The van der Waals surface area contributed by atoms with Gasteiger partial charge in [-0.1, -0.05) is 23.3 Å². The molecule has 0 radical (unpaired) electrons. The number of halogens is 1. The van der Waals surface area contributed by atoms with Gasteiger partial charge in [0.05, 0.1) is 5.02 Å². The fourth-order valence-electron chi connectivity index (χ4n) is 1.83. The Kier molecular flexibility index (Phi) is 4.23. The summed E-state index contributed by atoms with van der Waals surface area (Å²) >= 11 is 5.73. The van der Waals surface area contributed by atoms with E-state index in [4.69, 9.17) is 11.6 Å². The normalized spacial score (nSPS) is 15.5. The van der Waals surface area contributed by atoms with Crippen molar-refractivity contribution in [1.29, 1.82) is 0 Å². The van der Waals surface area contributed by atoms with Gasteiger partial charge in [0.2, 0.25) is 0 Å². The van der Waals surface area contributed by atoms with Crippen LogP contribution >= 0.6 is 11.6 Å². The molecular formula is C12H16ClN3O. The lowest BCUT2D eigenvalue weighted by molar-refractivity contribution is 0.0949. The predicted molar refractivity (Wildman–Crippen MR) is 68.3 cm³/mol. The Morgan fingerprint density at radius 1 is 1.53 bits per heavy atom. The smallest absolute Gasteiger partial charge is 0.267 e. The average Bonchev–Trinajstić information content (AvgIpc) is 2.77. The van der Waals surface area contributed by atoms with E-state index in [0.717, 1.165) is 25.9 Å². The third kappa shape index (κ3) is 3.61. The average molecular weight is 254 g/mol. The first-order valence-electron chi connectivity index (χ1n) is 5.76. The Balaban J connectivity index is 1.75. The van der Waals surface area contributed by atoms with Gasteiger partial charge in [0.1, 0.15) is 5.69 Å². The van der Waals surface area contributed by atoms with Crippen LogP contribution in [0.2, 0.25) is 5.02 Å². The highest BCUT2D eigenvalue weighted by atomic mass is 35.5. The molecule has 4 nitrogen and oxygen atoms in total. The zero-order chi connectivity index (χ0) is 12.1. The Labute approximate surface area is 105 Å². The monoisotopic (exact) mass is 253 g/mol. The molecule has 0 atom stereocenters.